The number of benzene rings is 3. The van der Waals surface area contributed by atoms with Crippen LogP contribution in [0, 0.1) is 6.92 Å². The maximum atomic E-state index is 13.3. The number of ether oxygens (including phenoxy) is 4. The fraction of sp³-hybridized carbons (Fsp3) is 0.233. The predicted molar refractivity (Wildman–Crippen MR) is 139 cm³/mol. The summed E-state index contributed by atoms with van der Waals surface area (Å²) < 4.78 is 23.4. The molecule has 37 heavy (non-hydrogen) atoms. The minimum atomic E-state index is -1.33. The summed E-state index contributed by atoms with van der Waals surface area (Å²) in [4.78, 5) is 22.2. The van der Waals surface area contributed by atoms with Gasteiger partial charge in [0.15, 0.2) is 5.60 Å². The van der Waals surface area contributed by atoms with E-state index in [0.717, 1.165) is 16.7 Å². The molecule has 0 spiro atoms. The van der Waals surface area contributed by atoms with Crippen LogP contribution in [0.3, 0.4) is 0 Å². The fourth-order valence-corrected chi connectivity index (χ4v) is 4.27. The molecule has 3 aromatic carbocycles. The lowest BCUT2D eigenvalue weighted by Crippen LogP contribution is -2.51. The second kappa shape index (κ2) is 12.3. The molecule has 7 heteroatoms. The van der Waals surface area contributed by atoms with Crippen molar-refractivity contribution in [3.8, 4) is 6.01 Å². The summed E-state index contributed by atoms with van der Waals surface area (Å²) in [5, 5.41) is 0. The predicted octanol–water partition coefficient (Wildman–Crippen LogP) is 5.01. The Hall–Kier alpha value is -4.07. The molecule has 1 aromatic heterocycles. The molecule has 0 aliphatic carbocycles. The summed E-state index contributed by atoms with van der Waals surface area (Å²) in [6.07, 6.45) is -1.24. The van der Waals surface area contributed by atoms with Crippen molar-refractivity contribution >= 4 is 5.97 Å². The standard InChI is InChI=1S/C30H30N2O5/c1-22-19-26(21-36-20-23-13-7-4-8-14-23)32-29(31-22)37-27(28(33)34-2)30(35-3,24-15-9-5-10-16-24)25-17-11-6-12-18-25/h4-19,27H,20-21H2,1-3H3. The van der Waals surface area contributed by atoms with Crippen LogP contribution in [-0.2, 0) is 37.8 Å². The van der Waals surface area contributed by atoms with Crippen LogP contribution in [0.25, 0.3) is 0 Å². The summed E-state index contributed by atoms with van der Waals surface area (Å²) in [5.74, 6) is -0.624. The highest BCUT2D eigenvalue weighted by Crippen LogP contribution is 2.39. The number of carbonyl (C=O) groups is 1. The maximum absolute atomic E-state index is 13.3. The summed E-state index contributed by atoms with van der Waals surface area (Å²) >= 11 is 0. The molecular formula is C30H30N2O5. The Balaban J connectivity index is 1.68. The lowest BCUT2D eigenvalue weighted by atomic mass is 9.81. The van der Waals surface area contributed by atoms with Crippen LogP contribution in [0.15, 0.2) is 97.1 Å². The first-order valence-corrected chi connectivity index (χ1v) is 11.9. The highest BCUT2D eigenvalue weighted by atomic mass is 16.6. The molecule has 0 radical (unpaired) electrons. The van der Waals surface area contributed by atoms with Crippen LogP contribution in [0.4, 0.5) is 0 Å². The third kappa shape index (κ3) is 6.02. The first-order valence-electron chi connectivity index (χ1n) is 11.9. The monoisotopic (exact) mass is 498 g/mol. The van der Waals surface area contributed by atoms with Crippen molar-refractivity contribution in [1.29, 1.82) is 0 Å². The molecule has 4 aromatic rings. The van der Waals surface area contributed by atoms with Crippen molar-refractivity contribution < 1.29 is 23.7 Å². The molecule has 0 amide bonds. The number of carbonyl (C=O) groups excluding carboxylic acids is 1. The molecule has 0 bridgehead atoms. The molecule has 0 aliphatic rings. The number of rotatable bonds is 11. The lowest BCUT2D eigenvalue weighted by molar-refractivity contribution is -0.164. The first kappa shape index (κ1) is 26.0. The van der Waals surface area contributed by atoms with Crippen molar-refractivity contribution in [2.75, 3.05) is 14.2 Å². The van der Waals surface area contributed by atoms with E-state index in [0.29, 0.717) is 18.0 Å². The summed E-state index contributed by atoms with van der Waals surface area (Å²) in [6, 6.07) is 30.6. The topological polar surface area (TPSA) is 79.8 Å². The largest absolute Gasteiger partial charge is 0.466 e. The molecular weight excluding hydrogens is 468 g/mol. The third-order valence-electron chi connectivity index (χ3n) is 5.98. The molecule has 0 saturated carbocycles. The number of nitrogens with zero attached hydrogens (tertiary/aromatic N) is 2. The normalized spacial score (nSPS) is 12.1. The molecule has 0 fully saturated rings. The van der Waals surface area contributed by atoms with Crippen molar-refractivity contribution in [1.82, 2.24) is 9.97 Å². The zero-order valence-electron chi connectivity index (χ0n) is 21.2. The Kier molecular flexibility index (Phi) is 8.61. The van der Waals surface area contributed by atoms with Gasteiger partial charge in [-0.15, -0.1) is 0 Å². The van der Waals surface area contributed by atoms with Gasteiger partial charge in [0, 0.05) is 12.8 Å². The zero-order chi connectivity index (χ0) is 26.1. The molecule has 4 rings (SSSR count). The van der Waals surface area contributed by atoms with Crippen LogP contribution in [0.2, 0.25) is 0 Å². The van der Waals surface area contributed by atoms with E-state index in [-0.39, 0.29) is 12.6 Å². The average molecular weight is 499 g/mol. The molecule has 0 saturated heterocycles. The molecule has 1 heterocycles. The van der Waals surface area contributed by atoms with Crippen LogP contribution in [0.1, 0.15) is 28.1 Å². The van der Waals surface area contributed by atoms with E-state index in [1.54, 1.807) is 7.11 Å². The second-order valence-corrected chi connectivity index (χ2v) is 8.45. The Morgan fingerprint density at radius 3 is 1.92 bits per heavy atom. The number of aryl methyl sites for hydroxylation is 1. The molecule has 0 N–H and O–H groups in total. The van der Waals surface area contributed by atoms with E-state index in [4.69, 9.17) is 18.9 Å². The number of methoxy groups -OCH3 is 2. The molecule has 1 unspecified atom stereocenters. The second-order valence-electron chi connectivity index (χ2n) is 8.45. The Bertz CT molecular complexity index is 1240. The smallest absolute Gasteiger partial charge is 0.351 e. The lowest BCUT2D eigenvalue weighted by Gasteiger charge is -2.38. The zero-order valence-corrected chi connectivity index (χ0v) is 21.2. The average Bonchev–Trinajstić information content (AvgIpc) is 2.94. The molecule has 0 aliphatic heterocycles. The van der Waals surface area contributed by atoms with Gasteiger partial charge >= 0.3 is 12.0 Å². The van der Waals surface area contributed by atoms with Gasteiger partial charge in [0.2, 0.25) is 6.10 Å². The van der Waals surface area contributed by atoms with Gasteiger partial charge in [-0.1, -0.05) is 91.0 Å². The van der Waals surface area contributed by atoms with Crippen LogP contribution in [-0.4, -0.2) is 36.3 Å². The molecule has 1 atom stereocenters. The van der Waals surface area contributed by atoms with E-state index < -0.39 is 17.7 Å². The van der Waals surface area contributed by atoms with Crippen molar-refractivity contribution in [2.24, 2.45) is 0 Å². The Labute approximate surface area is 217 Å². The highest BCUT2D eigenvalue weighted by Gasteiger charge is 2.50. The van der Waals surface area contributed by atoms with Gasteiger partial charge in [-0.3, -0.25) is 0 Å². The summed E-state index contributed by atoms with van der Waals surface area (Å²) in [7, 11) is 2.86. The van der Waals surface area contributed by atoms with Crippen molar-refractivity contribution in [2.45, 2.75) is 31.8 Å². The van der Waals surface area contributed by atoms with Gasteiger partial charge in [0.05, 0.1) is 26.0 Å². The van der Waals surface area contributed by atoms with Gasteiger partial charge in [-0.25, -0.2) is 9.78 Å². The summed E-state index contributed by atoms with van der Waals surface area (Å²) in [5.41, 5.74) is 2.48. The Morgan fingerprint density at radius 2 is 1.38 bits per heavy atom. The molecule has 7 nitrogen and oxygen atoms in total. The van der Waals surface area contributed by atoms with Crippen LogP contribution < -0.4 is 4.74 Å². The Morgan fingerprint density at radius 1 is 0.811 bits per heavy atom. The minimum Gasteiger partial charge on any atom is -0.466 e. The molecule has 190 valence electrons. The van der Waals surface area contributed by atoms with E-state index >= 15 is 0 Å². The number of aromatic nitrogens is 2. The highest BCUT2D eigenvalue weighted by molar-refractivity contribution is 5.78. The van der Waals surface area contributed by atoms with Gasteiger partial charge in [-0.05, 0) is 29.7 Å². The minimum absolute atomic E-state index is 0.0296. The number of hydrogen-bond acceptors (Lipinski definition) is 7. The van der Waals surface area contributed by atoms with Crippen molar-refractivity contribution in [3.63, 3.8) is 0 Å². The van der Waals surface area contributed by atoms with Gasteiger partial charge in [-0.2, -0.15) is 4.98 Å². The fourth-order valence-electron chi connectivity index (χ4n) is 4.27. The summed E-state index contributed by atoms with van der Waals surface area (Å²) in [6.45, 7) is 2.53. The quantitative estimate of drug-likeness (QED) is 0.269. The first-order chi connectivity index (χ1) is 18.1. The van der Waals surface area contributed by atoms with Crippen LogP contribution in [0.5, 0.6) is 6.01 Å². The van der Waals surface area contributed by atoms with E-state index in [9.17, 15) is 4.79 Å². The van der Waals surface area contributed by atoms with E-state index in [1.165, 1.54) is 7.11 Å². The van der Waals surface area contributed by atoms with Gasteiger partial charge in [0.25, 0.3) is 0 Å². The van der Waals surface area contributed by atoms with E-state index in [2.05, 4.69) is 9.97 Å². The third-order valence-corrected chi connectivity index (χ3v) is 5.98. The maximum Gasteiger partial charge on any atom is 0.351 e. The number of esters is 1. The van der Waals surface area contributed by atoms with Gasteiger partial charge < -0.3 is 18.9 Å². The number of hydrogen-bond donors (Lipinski definition) is 0. The van der Waals surface area contributed by atoms with Crippen LogP contribution >= 0.6 is 0 Å². The van der Waals surface area contributed by atoms with Gasteiger partial charge in [0.1, 0.15) is 0 Å². The van der Waals surface area contributed by atoms with E-state index in [1.807, 2.05) is 104 Å². The SMILES string of the molecule is COC(=O)C(Oc1nc(C)cc(COCc2ccccc2)n1)C(OC)(c1ccccc1)c1ccccc1. The van der Waals surface area contributed by atoms with Crippen molar-refractivity contribution in [3.05, 3.63) is 125 Å².